The summed E-state index contributed by atoms with van der Waals surface area (Å²) in [5.74, 6) is -1.13. The van der Waals surface area contributed by atoms with E-state index in [1.54, 1.807) is 29.2 Å². The van der Waals surface area contributed by atoms with Gasteiger partial charge in [0.05, 0.1) is 25.7 Å². The molecule has 1 aromatic carbocycles. The van der Waals surface area contributed by atoms with Crippen molar-refractivity contribution in [2.45, 2.75) is 12.5 Å². The number of amides is 1. The van der Waals surface area contributed by atoms with E-state index >= 15 is 0 Å². The van der Waals surface area contributed by atoms with Gasteiger partial charge in [-0.1, -0.05) is 11.6 Å². The van der Waals surface area contributed by atoms with E-state index in [0.717, 1.165) is 0 Å². The lowest BCUT2D eigenvalue weighted by Gasteiger charge is -2.34. The Morgan fingerprint density at radius 2 is 2.05 bits per heavy atom. The molecule has 19 heavy (non-hydrogen) atoms. The number of aliphatic carboxylic acids is 1. The van der Waals surface area contributed by atoms with E-state index in [9.17, 15) is 9.59 Å². The zero-order valence-corrected chi connectivity index (χ0v) is 11.0. The summed E-state index contributed by atoms with van der Waals surface area (Å²) in [5, 5.41) is 9.42. The molecule has 1 fully saturated rings. The van der Waals surface area contributed by atoms with E-state index in [2.05, 4.69) is 0 Å². The fourth-order valence-electron chi connectivity index (χ4n) is 2.05. The lowest BCUT2D eigenvalue weighted by molar-refractivity contribution is -0.139. The number of carbonyl (C=O) groups excluding carboxylic acids is 1. The highest BCUT2D eigenvalue weighted by Gasteiger charge is 2.29. The first-order chi connectivity index (χ1) is 9.08. The molecule has 0 saturated carbocycles. The van der Waals surface area contributed by atoms with E-state index in [-0.39, 0.29) is 18.9 Å². The number of hydrogen-bond acceptors (Lipinski definition) is 3. The maximum absolute atomic E-state index is 12.3. The van der Waals surface area contributed by atoms with Gasteiger partial charge in [-0.15, -0.1) is 0 Å². The van der Waals surface area contributed by atoms with Crippen LogP contribution in [0.25, 0.3) is 0 Å². The fourth-order valence-corrected chi connectivity index (χ4v) is 2.18. The van der Waals surface area contributed by atoms with Gasteiger partial charge in [-0.05, 0) is 24.3 Å². The Labute approximate surface area is 115 Å². The van der Waals surface area contributed by atoms with Crippen LogP contribution in [0.5, 0.6) is 0 Å². The van der Waals surface area contributed by atoms with Crippen molar-refractivity contribution in [2.24, 2.45) is 0 Å². The van der Waals surface area contributed by atoms with Gasteiger partial charge in [0, 0.05) is 17.1 Å². The van der Waals surface area contributed by atoms with Gasteiger partial charge in [-0.25, -0.2) is 0 Å². The molecular weight excluding hydrogens is 270 g/mol. The normalized spacial score (nSPS) is 19.2. The molecule has 0 bridgehead atoms. The summed E-state index contributed by atoms with van der Waals surface area (Å²) in [4.78, 5) is 24.7. The van der Waals surface area contributed by atoms with Crippen molar-refractivity contribution in [3.8, 4) is 0 Å². The quantitative estimate of drug-likeness (QED) is 0.916. The number of benzene rings is 1. The van der Waals surface area contributed by atoms with Crippen LogP contribution < -0.4 is 0 Å². The second-order valence-electron chi connectivity index (χ2n) is 4.33. The number of ether oxygens (including phenoxy) is 1. The summed E-state index contributed by atoms with van der Waals surface area (Å²) in [7, 11) is 0. The molecule has 1 amide bonds. The first-order valence-electron chi connectivity index (χ1n) is 5.94. The van der Waals surface area contributed by atoms with Crippen molar-refractivity contribution < 1.29 is 19.4 Å². The summed E-state index contributed by atoms with van der Waals surface area (Å²) in [6.07, 6.45) is -0.112. The monoisotopic (exact) mass is 283 g/mol. The number of morpholine rings is 1. The average molecular weight is 284 g/mol. The maximum Gasteiger partial charge on any atom is 0.305 e. The van der Waals surface area contributed by atoms with Crippen LogP contribution in [0.3, 0.4) is 0 Å². The molecule has 0 aliphatic carbocycles. The fraction of sp³-hybridized carbons (Fsp3) is 0.385. The molecule has 0 radical (unpaired) electrons. The van der Waals surface area contributed by atoms with Crippen molar-refractivity contribution in [1.82, 2.24) is 4.90 Å². The predicted octanol–water partition coefficient (Wildman–Crippen LogP) is 1.66. The highest BCUT2D eigenvalue weighted by atomic mass is 35.5. The number of halogens is 1. The Bertz CT molecular complexity index is 474. The minimum Gasteiger partial charge on any atom is -0.481 e. The molecule has 1 aliphatic rings. The Balaban J connectivity index is 2.15. The summed E-state index contributed by atoms with van der Waals surface area (Å²) < 4.78 is 5.24. The lowest BCUT2D eigenvalue weighted by Crippen LogP contribution is -2.49. The molecule has 102 valence electrons. The van der Waals surface area contributed by atoms with Crippen molar-refractivity contribution in [3.05, 3.63) is 34.9 Å². The van der Waals surface area contributed by atoms with Crippen LogP contribution in [0.1, 0.15) is 16.8 Å². The molecule has 1 atom stereocenters. The number of carboxylic acid groups (broad SMARTS) is 1. The predicted molar refractivity (Wildman–Crippen MR) is 69.3 cm³/mol. The second kappa shape index (κ2) is 6.04. The SMILES string of the molecule is O=C(O)CC1COCCN1C(=O)c1ccc(Cl)cc1. The van der Waals surface area contributed by atoms with Gasteiger partial charge in [0.15, 0.2) is 0 Å². The third-order valence-corrected chi connectivity index (χ3v) is 3.24. The van der Waals surface area contributed by atoms with Crippen molar-refractivity contribution in [3.63, 3.8) is 0 Å². The highest BCUT2D eigenvalue weighted by molar-refractivity contribution is 6.30. The number of rotatable bonds is 3. The van der Waals surface area contributed by atoms with Crippen LogP contribution in [0.15, 0.2) is 24.3 Å². The van der Waals surface area contributed by atoms with Gasteiger partial charge < -0.3 is 14.7 Å². The highest BCUT2D eigenvalue weighted by Crippen LogP contribution is 2.17. The topological polar surface area (TPSA) is 66.8 Å². The first kappa shape index (κ1) is 13.8. The van der Waals surface area contributed by atoms with Gasteiger partial charge in [0.2, 0.25) is 0 Å². The lowest BCUT2D eigenvalue weighted by atomic mass is 10.1. The molecule has 1 aliphatic heterocycles. The molecule has 1 heterocycles. The Morgan fingerprint density at radius 1 is 1.37 bits per heavy atom. The molecule has 6 heteroatoms. The van der Waals surface area contributed by atoms with Gasteiger partial charge in [-0.3, -0.25) is 9.59 Å². The molecule has 2 rings (SSSR count). The first-order valence-corrected chi connectivity index (χ1v) is 6.32. The number of carboxylic acids is 1. The summed E-state index contributed by atoms with van der Waals surface area (Å²) in [6.45, 7) is 1.08. The maximum atomic E-state index is 12.3. The van der Waals surface area contributed by atoms with Gasteiger partial charge in [0.1, 0.15) is 0 Å². The van der Waals surface area contributed by atoms with E-state index in [4.69, 9.17) is 21.4 Å². The van der Waals surface area contributed by atoms with Crippen molar-refractivity contribution in [1.29, 1.82) is 0 Å². The Kier molecular flexibility index (Phi) is 4.39. The van der Waals surface area contributed by atoms with Crippen LogP contribution in [-0.2, 0) is 9.53 Å². The van der Waals surface area contributed by atoms with Crippen LogP contribution in [0, 0.1) is 0 Å². The largest absolute Gasteiger partial charge is 0.481 e. The molecule has 5 nitrogen and oxygen atoms in total. The Morgan fingerprint density at radius 3 is 2.68 bits per heavy atom. The number of nitrogens with zero attached hydrogens (tertiary/aromatic N) is 1. The molecule has 1 aromatic rings. The summed E-state index contributed by atoms with van der Waals surface area (Å²) >= 11 is 5.78. The number of hydrogen-bond donors (Lipinski definition) is 1. The van der Waals surface area contributed by atoms with Gasteiger partial charge >= 0.3 is 5.97 Å². The summed E-state index contributed by atoms with van der Waals surface area (Å²) in [6, 6.07) is 6.13. The average Bonchev–Trinajstić information content (AvgIpc) is 2.39. The van der Waals surface area contributed by atoms with E-state index in [1.165, 1.54) is 0 Å². The summed E-state index contributed by atoms with van der Waals surface area (Å²) in [5.41, 5.74) is 0.502. The zero-order chi connectivity index (χ0) is 13.8. The van der Waals surface area contributed by atoms with Gasteiger partial charge in [0.25, 0.3) is 5.91 Å². The second-order valence-corrected chi connectivity index (χ2v) is 4.77. The molecule has 1 saturated heterocycles. The van der Waals surface area contributed by atoms with Crippen LogP contribution in [0.4, 0.5) is 0 Å². The minimum absolute atomic E-state index is 0.112. The molecule has 0 spiro atoms. The third kappa shape index (κ3) is 3.45. The van der Waals surface area contributed by atoms with E-state index < -0.39 is 12.0 Å². The minimum atomic E-state index is -0.940. The van der Waals surface area contributed by atoms with Crippen LogP contribution in [-0.4, -0.2) is 47.7 Å². The van der Waals surface area contributed by atoms with E-state index in [0.29, 0.717) is 23.7 Å². The number of carbonyl (C=O) groups is 2. The smallest absolute Gasteiger partial charge is 0.305 e. The Hall–Kier alpha value is -1.59. The van der Waals surface area contributed by atoms with E-state index in [1.807, 2.05) is 0 Å². The molecule has 1 N–H and O–H groups in total. The van der Waals surface area contributed by atoms with Crippen molar-refractivity contribution in [2.75, 3.05) is 19.8 Å². The molecular formula is C13H14ClNO4. The van der Waals surface area contributed by atoms with Crippen LogP contribution in [0.2, 0.25) is 5.02 Å². The van der Waals surface area contributed by atoms with Gasteiger partial charge in [-0.2, -0.15) is 0 Å². The third-order valence-electron chi connectivity index (χ3n) is 2.99. The van der Waals surface area contributed by atoms with Crippen LogP contribution >= 0.6 is 11.6 Å². The molecule has 0 aromatic heterocycles. The zero-order valence-electron chi connectivity index (χ0n) is 10.2. The standard InChI is InChI=1S/C13H14ClNO4/c14-10-3-1-9(2-4-10)13(18)15-5-6-19-8-11(15)7-12(16)17/h1-4,11H,5-8H2,(H,16,17). The van der Waals surface area contributed by atoms with Crippen molar-refractivity contribution >= 4 is 23.5 Å². The molecule has 1 unspecified atom stereocenters.